The maximum atomic E-state index is 12.5. The summed E-state index contributed by atoms with van der Waals surface area (Å²) >= 11 is 1.65. The molecular weight excluding hydrogens is 310 g/mol. The summed E-state index contributed by atoms with van der Waals surface area (Å²) in [6, 6.07) is 2.20. The number of urea groups is 1. The smallest absolute Gasteiger partial charge is 0.317 e. The summed E-state index contributed by atoms with van der Waals surface area (Å²) in [6.45, 7) is 6.01. The van der Waals surface area contributed by atoms with Gasteiger partial charge >= 0.3 is 6.03 Å². The minimum atomic E-state index is 0.00571. The van der Waals surface area contributed by atoms with E-state index in [1.54, 1.807) is 11.3 Å². The van der Waals surface area contributed by atoms with E-state index in [-0.39, 0.29) is 12.1 Å². The molecule has 0 unspecified atom stereocenters. The number of aryl methyl sites for hydroxylation is 1. The number of rotatable bonds is 4. The predicted molar refractivity (Wildman–Crippen MR) is 91.3 cm³/mol. The molecule has 1 fully saturated rings. The number of amides is 2. The molecule has 3 heterocycles. The highest BCUT2D eigenvalue weighted by molar-refractivity contribution is 7.07. The van der Waals surface area contributed by atoms with Crippen LogP contribution in [0, 0.1) is 0 Å². The van der Waals surface area contributed by atoms with Crippen molar-refractivity contribution < 1.29 is 4.79 Å². The standard InChI is InChI=1S/C16H23N5OS/c1-3-20-7-8-21(11-14(20)15-17-5-6-19(15)2)16(22)18-10-13-4-9-23-12-13/h4-6,9,12,14H,3,7-8,10-11H2,1-2H3,(H,18,22)/t14-/m1/s1. The number of nitrogens with zero attached hydrogens (tertiary/aromatic N) is 4. The zero-order valence-electron chi connectivity index (χ0n) is 13.6. The Kier molecular flexibility index (Phi) is 4.97. The van der Waals surface area contributed by atoms with Gasteiger partial charge in [-0.1, -0.05) is 6.92 Å². The first kappa shape index (κ1) is 16.0. The van der Waals surface area contributed by atoms with Gasteiger partial charge in [-0.25, -0.2) is 9.78 Å². The van der Waals surface area contributed by atoms with Crippen LogP contribution >= 0.6 is 11.3 Å². The Bertz CT molecular complexity index is 639. The Balaban J connectivity index is 1.65. The van der Waals surface area contributed by atoms with Crippen molar-refractivity contribution >= 4 is 17.4 Å². The van der Waals surface area contributed by atoms with Gasteiger partial charge in [-0.2, -0.15) is 11.3 Å². The van der Waals surface area contributed by atoms with Gasteiger partial charge in [0.05, 0.1) is 6.04 Å². The molecule has 0 spiro atoms. The van der Waals surface area contributed by atoms with Crippen molar-refractivity contribution in [2.45, 2.75) is 19.5 Å². The van der Waals surface area contributed by atoms with Gasteiger partial charge in [0.2, 0.25) is 0 Å². The number of likely N-dealkylation sites (N-methyl/N-ethyl adjacent to an activating group) is 1. The molecule has 0 radical (unpaired) electrons. The molecule has 23 heavy (non-hydrogen) atoms. The largest absolute Gasteiger partial charge is 0.337 e. The lowest BCUT2D eigenvalue weighted by atomic mass is 10.1. The molecule has 2 amide bonds. The Hall–Kier alpha value is -1.86. The second-order valence-corrected chi connectivity index (χ2v) is 6.56. The molecule has 0 saturated carbocycles. The van der Waals surface area contributed by atoms with Gasteiger partial charge in [0.25, 0.3) is 0 Å². The maximum Gasteiger partial charge on any atom is 0.317 e. The van der Waals surface area contributed by atoms with E-state index in [4.69, 9.17) is 0 Å². The second kappa shape index (κ2) is 7.14. The molecule has 1 aliphatic rings. The summed E-state index contributed by atoms with van der Waals surface area (Å²) in [6.07, 6.45) is 3.78. The fourth-order valence-corrected chi connectivity index (χ4v) is 3.68. The van der Waals surface area contributed by atoms with Gasteiger partial charge in [0.15, 0.2) is 0 Å². The third kappa shape index (κ3) is 3.56. The fourth-order valence-electron chi connectivity index (χ4n) is 3.01. The molecule has 1 atom stereocenters. The van der Waals surface area contributed by atoms with Crippen LogP contribution in [0.3, 0.4) is 0 Å². The SMILES string of the molecule is CCN1CCN(C(=O)NCc2ccsc2)C[C@@H]1c1nccn1C. The summed E-state index contributed by atoms with van der Waals surface area (Å²) in [5.74, 6) is 1.02. The van der Waals surface area contributed by atoms with Crippen molar-refractivity contribution in [3.05, 3.63) is 40.6 Å². The molecular formula is C16H23N5OS. The maximum absolute atomic E-state index is 12.5. The molecule has 3 rings (SSSR count). The average Bonchev–Trinajstić information content (AvgIpc) is 3.23. The number of thiophene rings is 1. The quantitative estimate of drug-likeness (QED) is 0.932. The zero-order valence-corrected chi connectivity index (χ0v) is 14.4. The molecule has 7 heteroatoms. The molecule has 1 aliphatic heterocycles. The van der Waals surface area contributed by atoms with Crippen LogP contribution in [0.1, 0.15) is 24.4 Å². The predicted octanol–water partition coefficient (Wildman–Crippen LogP) is 2.07. The molecule has 0 bridgehead atoms. The van der Waals surface area contributed by atoms with Gasteiger partial charge in [-0.05, 0) is 28.9 Å². The van der Waals surface area contributed by atoms with Crippen molar-refractivity contribution in [1.29, 1.82) is 0 Å². The van der Waals surface area contributed by atoms with Crippen molar-refractivity contribution in [1.82, 2.24) is 24.7 Å². The van der Waals surface area contributed by atoms with E-state index in [1.807, 2.05) is 40.4 Å². The lowest BCUT2D eigenvalue weighted by molar-refractivity contribution is 0.0878. The third-order valence-corrected chi connectivity index (χ3v) is 5.10. The third-order valence-electron chi connectivity index (χ3n) is 4.36. The topological polar surface area (TPSA) is 53.4 Å². The van der Waals surface area contributed by atoms with Gasteiger partial charge in [-0.3, -0.25) is 4.90 Å². The van der Waals surface area contributed by atoms with Gasteiger partial charge in [-0.15, -0.1) is 0 Å². The highest BCUT2D eigenvalue weighted by Gasteiger charge is 2.31. The molecule has 0 aliphatic carbocycles. The number of piperazine rings is 1. The van der Waals surface area contributed by atoms with E-state index in [0.29, 0.717) is 13.1 Å². The number of carbonyl (C=O) groups is 1. The molecule has 6 nitrogen and oxygen atoms in total. The summed E-state index contributed by atoms with van der Waals surface area (Å²) in [5, 5.41) is 7.10. The first-order valence-electron chi connectivity index (χ1n) is 7.94. The van der Waals surface area contributed by atoms with Crippen molar-refractivity contribution in [3.63, 3.8) is 0 Å². The van der Waals surface area contributed by atoms with Crippen LogP contribution in [0.4, 0.5) is 4.79 Å². The lowest BCUT2D eigenvalue weighted by Crippen LogP contribution is -2.53. The van der Waals surface area contributed by atoms with E-state index in [1.165, 1.54) is 0 Å². The molecule has 0 aromatic carbocycles. The van der Waals surface area contributed by atoms with Gasteiger partial charge in [0.1, 0.15) is 5.82 Å². The van der Waals surface area contributed by atoms with Crippen molar-refractivity contribution in [3.8, 4) is 0 Å². The van der Waals surface area contributed by atoms with Crippen molar-refractivity contribution in [2.75, 3.05) is 26.2 Å². The molecule has 1 saturated heterocycles. The summed E-state index contributed by atoms with van der Waals surface area (Å²) < 4.78 is 2.04. The van der Waals surface area contributed by atoms with Crippen LogP contribution < -0.4 is 5.32 Å². The lowest BCUT2D eigenvalue weighted by Gasteiger charge is -2.40. The normalized spacial score (nSPS) is 19.0. The number of nitrogens with one attached hydrogen (secondary N) is 1. The molecule has 124 valence electrons. The first-order chi connectivity index (χ1) is 11.2. The summed E-state index contributed by atoms with van der Waals surface area (Å²) in [5.41, 5.74) is 1.15. The van der Waals surface area contributed by atoms with Crippen LogP contribution in [0.25, 0.3) is 0 Å². The Labute approximate surface area is 140 Å². The van der Waals surface area contributed by atoms with E-state index in [2.05, 4.69) is 27.5 Å². The van der Waals surface area contributed by atoms with Gasteiger partial charge < -0.3 is 14.8 Å². The number of carbonyl (C=O) groups excluding carboxylic acids is 1. The zero-order chi connectivity index (χ0) is 16.2. The average molecular weight is 333 g/mol. The minimum absolute atomic E-state index is 0.00571. The van der Waals surface area contributed by atoms with Crippen LogP contribution in [0.15, 0.2) is 29.2 Å². The molecule has 2 aromatic heterocycles. The molecule has 1 N–H and O–H groups in total. The Morgan fingerprint density at radius 3 is 3.00 bits per heavy atom. The van der Waals surface area contributed by atoms with Crippen LogP contribution in [-0.2, 0) is 13.6 Å². The first-order valence-corrected chi connectivity index (χ1v) is 8.88. The monoisotopic (exact) mass is 333 g/mol. The fraction of sp³-hybridized carbons (Fsp3) is 0.500. The second-order valence-electron chi connectivity index (χ2n) is 5.78. The number of aromatic nitrogens is 2. The Morgan fingerprint density at radius 1 is 1.48 bits per heavy atom. The van der Waals surface area contributed by atoms with E-state index >= 15 is 0 Å². The minimum Gasteiger partial charge on any atom is -0.337 e. The van der Waals surface area contributed by atoms with Gasteiger partial charge in [0, 0.05) is 45.6 Å². The Morgan fingerprint density at radius 2 is 2.35 bits per heavy atom. The van der Waals surface area contributed by atoms with E-state index in [0.717, 1.165) is 31.0 Å². The van der Waals surface area contributed by atoms with E-state index < -0.39 is 0 Å². The number of hydrogen-bond donors (Lipinski definition) is 1. The number of hydrogen-bond acceptors (Lipinski definition) is 4. The van der Waals surface area contributed by atoms with E-state index in [9.17, 15) is 4.79 Å². The summed E-state index contributed by atoms with van der Waals surface area (Å²) in [7, 11) is 2.01. The van der Waals surface area contributed by atoms with Crippen LogP contribution in [0.5, 0.6) is 0 Å². The van der Waals surface area contributed by atoms with Crippen molar-refractivity contribution in [2.24, 2.45) is 7.05 Å². The molecule has 2 aromatic rings. The summed E-state index contributed by atoms with van der Waals surface area (Å²) in [4.78, 5) is 21.2. The highest BCUT2D eigenvalue weighted by atomic mass is 32.1. The van der Waals surface area contributed by atoms with Crippen LogP contribution in [-0.4, -0.2) is 51.6 Å². The highest BCUT2D eigenvalue weighted by Crippen LogP contribution is 2.23. The number of imidazole rings is 1. The van der Waals surface area contributed by atoms with Crippen LogP contribution in [0.2, 0.25) is 0 Å².